The zero-order valence-corrected chi connectivity index (χ0v) is 22.1. The first-order valence-electron chi connectivity index (χ1n) is 12.3. The fourth-order valence-electron chi connectivity index (χ4n) is 4.67. The molecule has 1 fully saturated rings. The molecule has 0 bridgehead atoms. The van der Waals surface area contributed by atoms with E-state index >= 15 is 0 Å². The second-order valence-corrected chi connectivity index (χ2v) is 11.8. The van der Waals surface area contributed by atoms with E-state index < -0.39 is 15.1 Å². The molecule has 37 heavy (non-hydrogen) atoms. The van der Waals surface area contributed by atoms with Crippen LogP contribution in [0, 0.1) is 0 Å². The summed E-state index contributed by atoms with van der Waals surface area (Å²) in [6.45, 7) is 6.97. The number of hydrogen-bond acceptors (Lipinski definition) is 10. The van der Waals surface area contributed by atoms with E-state index in [0.717, 1.165) is 24.3 Å². The minimum Gasteiger partial charge on any atom is -0.494 e. The summed E-state index contributed by atoms with van der Waals surface area (Å²) in [5.41, 5.74) is 9.49. The van der Waals surface area contributed by atoms with Crippen LogP contribution in [-0.2, 0) is 21.0 Å². The molecule has 5 rings (SSSR count). The number of aromatic nitrogens is 2. The predicted molar refractivity (Wildman–Crippen MR) is 145 cm³/mol. The summed E-state index contributed by atoms with van der Waals surface area (Å²) in [4.78, 5) is 13.7. The van der Waals surface area contributed by atoms with Crippen molar-refractivity contribution in [3.8, 4) is 5.75 Å². The van der Waals surface area contributed by atoms with Crippen LogP contribution in [0.2, 0.25) is 0 Å². The van der Waals surface area contributed by atoms with Crippen LogP contribution in [0.3, 0.4) is 0 Å². The van der Waals surface area contributed by atoms with Gasteiger partial charge >= 0.3 is 0 Å². The fourth-order valence-corrected chi connectivity index (χ4v) is 5.91. The van der Waals surface area contributed by atoms with Gasteiger partial charge < -0.3 is 30.3 Å². The Morgan fingerprint density at radius 1 is 1.08 bits per heavy atom. The van der Waals surface area contributed by atoms with Crippen LogP contribution in [0.15, 0.2) is 47.4 Å². The second-order valence-electron chi connectivity index (χ2n) is 9.31. The average molecular weight is 525 g/mol. The van der Waals surface area contributed by atoms with Crippen molar-refractivity contribution >= 4 is 44.5 Å². The Labute approximate surface area is 217 Å². The van der Waals surface area contributed by atoms with Crippen LogP contribution >= 0.6 is 0 Å². The van der Waals surface area contributed by atoms with Crippen molar-refractivity contribution in [2.24, 2.45) is 0 Å². The van der Waals surface area contributed by atoms with Crippen molar-refractivity contribution in [3.63, 3.8) is 0 Å². The van der Waals surface area contributed by atoms with Crippen LogP contribution in [0.4, 0.5) is 34.6 Å². The highest BCUT2D eigenvalue weighted by Gasteiger charge is 2.31. The van der Waals surface area contributed by atoms with Gasteiger partial charge in [-0.05, 0) is 44.5 Å². The molecule has 1 aromatic heterocycles. The second kappa shape index (κ2) is 10.1. The van der Waals surface area contributed by atoms with E-state index in [1.807, 2.05) is 35.2 Å². The molecule has 0 aliphatic carbocycles. The summed E-state index contributed by atoms with van der Waals surface area (Å²) < 4.78 is 37.3. The van der Waals surface area contributed by atoms with Crippen LogP contribution in [0.5, 0.6) is 5.75 Å². The van der Waals surface area contributed by atoms with Crippen molar-refractivity contribution in [2.75, 3.05) is 60.8 Å². The first kappa shape index (κ1) is 25.1. The number of morpholine rings is 1. The van der Waals surface area contributed by atoms with Gasteiger partial charge in [-0.25, -0.2) is 8.42 Å². The van der Waals surface area contributed by atoms with Crippen molar-refractivity contribution in [1.29, 1.82) is 0 Å². The number of ether oxygens (including phenoxy) is 2. The summed E-state index contributed by atoms with van der Waals surface area (Å²) in [7, 11) is -1.88. The predicted octanol–water partition coefficient (Wildman–Crippen LogP) is 3.52. The van der Waals surface area contributed by atoms with Crippen LogP contribution in [0.25, 0.3) is 0 Å². The standard InChI is InChI=1S/C26H32N6O4S/c1-17(2)37(33,34)23-7-5-4-6-21(23)32-11-10-19-24(27)29-26(30-25(19)32)28-20-9-8-18(16-22(20)35-3)31-12-14-36-15-13-31/h4-9,16-17H,10-15H2,1-3H3,(H3,27,28,29,30). The zero-order chi connectivity index (χ0) is 26.2. The molecule has 0 radical (unpaired) electrons. The van der Waals surface area contributed by atoms with Gasteiger partial charge in [-0.2, -0.15) is 9.97 Å². The molecule has 3 N–H and O–H groups in total. The lowest BCUT2D eigenvalue weighted by atomic mass is 10.2. The van der Waals surface area contributed by atoms with Gasteiger partial charge in [0.2, 0.25) is 5.95 Å². The molecule has 2 aliphatic heterocycles. The topological polar surface area (TPSA) is 123 Å². The number of methoxy groups -OCH3 is 1. The molecule has 3 heterocycles. The number of nitrogens with one attached hydrogen (secondary N) is 1. The minimum atomic E-state index is -3.50. The normalized spacial score (nSPS) is 15.7. The third-order valence-corrected chi connectivity index (χ3v) is 8.95. The molecule has 10 nitrogen and oxygen atoms in total. The molecule has 11 heteroatoms. The summed E-state index contributed by atoms with van der Waals surface area (Å²) in [5, 5.41) is 2.70. The Bertz CT molecular complexity index is 1410. The van der Waals surface area contributed by atoms with E-state index in [1.54, 1.807) is 33.1 Å². The number of hydrogen-bond donors (Lipinski definition) is 2. The molecular formula is C26H32N6O4S. The number of benzene rings is 2. The maximum absolute atomic E-state index is 13.1. The lowest BCUT2D eigenvalue weighted by molar-refractivity contribution is 0.122. The molecule has 0 spiro atoms. The van der Waals surface area contributed by atoms with Gasteiger partial charge in [-0.15, -0.1) is 0 Å². The van der Waals surface area contributed by atoms with Crippen LogP contribution in [-0.4, -0.2) is 63.6 Å². The van der Waals surface area contributed by atoms with E-state index in [4.69, 9.17) is 20.2 Å². The third kappa shape index (κ3) is 4.76. The number of sulfone groups is 1. The van der Waals surface area contributed by atoms with E-state index in [-0.39, 0.29) is 4.90 Å². The van der Waals surface area contributed by atoms with E-state index in [2.05, 4.69) is 15.2 Å². The SMILES string of the molecule is COc1cc(N2CCOCC2)ccc1Nc1nc(N)c2c(n1)N(c1ccccc1S(=O)(=O)C(C)C)CC2. The maximum atomic E-state index is 13.1. The number of anilines is 6. The van der Waals surface area contributed by atoms with Crippen molar-refractivity contribution < 1.29 is 17.9 Å². The third-order valence-electron chi connectivity index (χ3n) is 6.75. The van der Waals surface area contributed by atoms with E-state index in [9.17, 15) is 8.42 Å². The quantitative estimate of drug-likeness (QED) is 0.474. The molecule has 3 aromatic rings. The summed E-state index contributed by atoms with van der Waals surface area (Å²) in [6.07, 6.45) is 0.620. The van der Waals surface area contributed by atoms with Crippen LogP contribution < -0.4 is 25.6 Å². The Kier molecular flexibility index (Phi) is 6.82. The Hall–Kier alpha value is -3.57. The number of fused-ring (bicyclic) bond motifs is 1. The molecule has 1 saturated heterocycles. The number of rotatable bonds is 7. The smallest absolute Gasteiger partial charge is 0.231 e. The Morgan fingerprint density at radius 3 is 2.57 bits per heavy atom. The molecule has 2 aromatic carbocycles. The Morgan fingerprint density at radius 2 is 1.84 bits per heavy atom. The minimum absolute atomic E-state index is 0.282. The van der Waals surface area contributed by atoms with E-state index in [1.165, 1.54) is 0 Å². The van der Waals surface area contributed by atoms with Crippen molar-refractivity contribution in [1.82, 2.24) is 9.97 Å². The maximum Gasteiger partial charge on any atom is 0.231 e. The van der Waals surface area contributed by atoms with Gasteiger partial charge in [0.1, 0.15) is 17.4 Å². The lowest BCUT2D eigenvalue weighted by Crippen LogP contribution is -2.36. The monoisotopic (exact) mass is 524 g/mol. The number of para-hydroxylation sites is 1. The van der Waals surface area contributed by atoms with Gasteiger partial charge in [-0.3, -0.25) is 0 Å². The Balaban J connectivity index is 1.48. The number of nitrogens with two attached hydrogens (primary N) is 1. The van der Waals surface area contributed by atoms with Gasteiger partial charge in [0.15, 0.2) is 9.84 Å². The zero-order valence-electron chi connectivity index (χ0n) is 21.3. The van der Waals surface area contributed by atoms with Crippen LogP contribution in [0.1, 0.15) is 19.4 Å². The highest BCUT2D eigenvalue weighted by Crippen LogP contribution is 2.40. The molecule has 2 aliphatic rings. The largest absolute Gasteiger partial charge is 0.494 e. The molecule has 196 valence electrons. The molecule has 0 unspecified atom stereocenters. The number of nitrogens with zero attached hydrogens (tertiary/aromatic N) is 4. The summed E-state index contributed by atoms with van der Waals surface area (Å²) in [5.74, 6) is 1.93. The van der Waals surface area contributed by atoms with Crippen molar-refractivity contribution in [3.05, 3.63) is 48.0 Å². The van der Waals surface area contributed by atoms with Gasteiger partial charge in [0.25, 0.3) is 0 Å². The number of nitrogen functional groups attached to an aromatic ring is 1. The summed E-state index contributed by atoms with van der Waals surface area (Å²) >= 11 is 0. The first-order valence-corrected chi connectivity index (χ1v) is 13.9. The molecule has 0 saturated carbocycles. The van der Waals surface area contributed by atoms with Gasteiger partial charge in [0, 0.05) is 37.0 Å². The summed E-state index contributed by atoms with van der Waals surface area (Å²) in [6, 6.07) is 13.0. The average Bonchev–Trinajstić information content (AvgIpc) is 3.34. The highest BCUT2D eigenvalue weighted by atomic mass is 32.2. The first-order chi connectivity index (χ1) is 17.8. The molecule has 0 atom stereocenters. The van der Waals surface area contributed by atoms with Gasteiger partial charge in [-0.1, -0.05) is 12.1 Å². The lowest BCUT2D eigenvalue weighted by Gasteiger charge is -2.29. The van der Waals surface area contributed by atoms with E-state index in [0.29, 0.717) is 60.9 Å². The fraction of sp³-hybridized carbons (Fsp3) is 0.385. The molecular weight excluding hydrogens is 492 g/mol. The highest BCUT2D eigenvalue weighted by molar-refractivity contribution is 7.92. The molecule has 0 amide bonds. The van der Waals surface area contributed by atoms with Crippen molar-refractivity contribution in [2.45, 2.75) is 30.4 Å². The van der Waals surface area contributed by atoms with Gasteiger partial charge in [0.05, 0.1) is 41.8 Å².